The Kier molecular flexibility index (Phi) is 6.45. The molecule has 0 amide bonds. The molecule has 0 saturated heterocycles. The Bertz CT molecular complexity index is 799. The van der Waals surface area contributed by atoms with E-state index in [0.717, 1.165) is 24.1 Å². The number of ether oxygens (including phenoxy) is 2. The highest BCUT2D eigenvalue weighted by molar-refractivity contribution is 6.31. The van der Waals surface area contributed by atoms with Crippen LogP contribution in [0.1, 0.15) is 44.6 Å². The summed E-state index contributed by atoms with van der Waals surface area (Å²) in [5.74, 6) is -1.47. The van der Waals surface area contributed by atoms with Crippen molar-refractivity contribution in [1.29, 1.82) is 0 Å². The van der Waals surface area contributed by atoms with Crippen molar-refractivity contribution < 1.29 is 19.1 Å². The maximum absolute atomic E-state index is 12.9. The van der Waals surface area contributed by atoms with Crippen LogP contribution in [-0.4, -0.2) is 37.3 Å². The molecule has 0 saturated carbocycles. The first-order chi connectivity index (χ1) is 13.0. The van der Waals surface area contributed by atoms with E-state index in [1.807, 2.05) is 32.0 Å². The summed E-state index contributed by atoms with van der Waals surface area (Å²) in [4.78, 5) is 30.3. The summed E-state index contributed by atoms with van der Waals surface area (Å²) in [5, 5.41) is 0.537. The van der Waals surface area contributed by atoms with Crippen molar-refractivity contribution in [2.75, 3.05) is 19.8 Å². The maximum atomic E-state index is 12.9. The maximum Gasteiger partial charge on any atom is 0.315 e. The molecule has 0 fully saturated rings. The third-order valence-electron chi connectivity index (χ3n) is 5.00. The van der Waals surface area contributed by atoms with E-state index >= 15 is 0 Å². The van der Waals surface area contributed by atoms with Crippen molar-refractivity contribution in [3.05, 3.63) is 46.1 Å². The van der Waals surface area contributed by atoms with Crippen LogP contribution < -0.4 is 0 Å². The smallest absolute Gasteiger partial charge is 0.315 e. The lowest BCUT2D eigenvalue weighted by Crippen LogP contribution is -2.37. The number of hydrogen-bond acceptors (Lipinski definition) is 5. The van der Waals surface area contributed by atoms with Gasteiger partial charge in [0.25, 0.3) is 0 Å². The van der Waals surface area contributed by atoms with Crippen LogP contribution in [0.15, 0.2) is 40.5 Å². The Morgan fingerprint density at radius 2 is 2.04 bits per heavy atom. The number of ketones is 1. The average Bonchev–Trinajstić information content (AvgIpc) is 2.65. The number of carbonyl (C=O) groups excluding carboxylic acids is 2. The van der Waals surface area contributed by atoms with Crippen molar-refractivity contribution in [2.45, 2.75) is 39.0 Å². The normalized spacial score (nSPS) is 22.3. The van der Waals surface area contributed by atoms with Gasteiger partial charge in [0, 0.05) is 41.0 Å². The molecule has 1 aliphatic heterocycles. The van der Waals surface area contributed by atoms with E-state index in [-0.39, 0.29) is 12.4 Å². The summed E-state index contributed by atoms with van der Waals surface area (Å²) < 4.78 is 10.7. The van der Waals surface area contributed by atoms with Gasteiger partial charge in [0.05, 0.1) is 6.61 Å². The molecule has 1 aromatic carbocycles. The molecule has 1 unspecified atom stereocenters. The first-order valence-electron chi connectivity index (χ1n) is 9.34. The number of allylic oxidation sites excluding steroid dienone is 2. The van der Waals surface area contributed by atoms with E-state index in [1.54, 1.807) is 6.07 Å². The Morgan fingerprint density at radius 3 is 2.78 bits per heavy atom. The molecule has 27 heavy (non-hydrogen) atoms. The number of halogens is 1. The van der Waals surface area contributed by atoms with Crippen LogP contribution >= 0.6 is 11.6 Å². The topological polar surface area (TPSA) is 65.0 Å². The molecule has 1 aromatic rings. The highest BCUT2D eigenvalue weighted by Crippen LogP contribution is 2.45. The molecule has 1 heterocycles. The summed E-state index contributed by atoms with van der Waals surface area (Å²) in [6.45, 7) is 4.78. The van der Waals surface area contributed by atoms with Gasteiger partial charge in [-0.25, -0.2) is 0 Å². The molecule has 0 spiro atoms. The zero-order valence-electron chi connectivity index (χ0n) is 15.7. The minimum absolute atomic E-state index is 0.0459. The number of esters is 1. The molecule has 144 valence electrons. The van der Waals surface area contributed by atoms with E-state index in [9.17, 15) is 9.59 Å². The first-order valence-corrected chi connectivity index (χ1v) is 9.72. The largest absolute Gasteiger partial charge is 0.463 e. The second kappa shape index (κ2) is 8.81. The van der Waals surface area contributed by atoms with Crippen LogP contribution in [0.2, 0.25) is 5.02 Å². The molecule has 6 heteroatoms. The van der Waals surface area contributed by atoms with Gasteiger partial charge in [0.2, 0.25) is 0 Å². The highest BCUT2D eigenvalue weighted by atomic mass is 35.5. The molecule has 0 aromatic heterocycles. The Hall–Kier alpha value is -1.98. The second-order valence-corrected chi connectivity index (χ2v) is 7.14. The molecule has 2 atom stereocenters. The lowest BCUT2D eigenvalue weighted by molar-refractivity contribution is -0.148. The molecule has 0 radical (unpaired) electrons. The van der Waals surface area contributed by atoms with Crippen molar-refractivity contribution >= 4 is 29.1 Å². The third-order valence-corrected chi connectivity index (χ3v) is 5.35. The summed E-state index contributed by atoms with van der Waals surface area (Å²) in [6, 6.07) is 7.36. The van der Waals surface area contributed by atoms with Gasteiger partial charge in [0.1, 0.15) is 12.5 Å². The predicted molar refractivity (Wildman–Crippen MR) is 104 cm³/mol. The molecular formula is C21H24ClNO4. The number of nitrogens with zero attached hydrogens (tertiary/aromatic N) is 1. The van der Waals surface area contributed by atoms with Crippen LogP contribution in [0.25, 0.3) is 0 Å². The molecule has 0 N–H and O–H groups in total. The fourth-order valence-electron chi connectivity index (χ4n) is 3.81. The number of Topliss-reactive ketones (excluding diaryl/α,β-unsaturated/α-hetero) is 1. The molecule has 0 bridgehead atoms. The minimum atomic E-state index is -0.660. The van der Waals surface area contributed by atoms with Crippen LogP contribution in [0, 0.1) is 5.92 Å². The number of rotatable bonds is 6. The van der Waals surface area contributed by atoms with Gasteiger partial charge in [-0.1, -0.05) is 29.8 Å². The van der Waals surface area contributed by atoms with Crippen LogP contribution in [-0.2, 0) is 19.1 Å². The number of hydrogen-bond donors (Lipinski definition) is 0. The highest BCUT2D eigenvalue weighted by Gasteiger charge is 2.43. The number of benzene rings is 1. The third kappa shape index (κ3) is 4.14. The molecule has 3 rings (SSSR count). The first kappa shape index (κ1) is 19.8. The fraction of sp³-hybridized carbons (Fsp3) is 0.476. The second-order valence-electron chi connectivity index (χ2n) is 6.73. The van der Waals surface area contributed by atoms with Gasteiger partial charge in [0.15, 0.2) is 5.78 Å². The monoisotopic (exact) mass is 389 g/mol. The molecular weight excluding hydrogens is 366 g/mol. The fourth-order valence-corrected chi connectivity index (χ4v) is 4.06. The van der Waals surface area contributed by atoms with E-state index < -0.39 is 17.8 Å². The van der Waals surface area contributed by atoms with Crippen LogP contribution in [0.3, 0.4) is 0 Å². The Labute approximate surface area is 164 Å². The quantitative estimate of drug-likeness (QED) is 0.542. The van der Waals surface area contributed by atoms with Gasteiger partial charge in [-0.3, -0.25) is 14.6 Å². The van der Waals surface area contributed by atoms with E-state index in [0.29, 0.717) is 35.9 Å². The zero-order chi connectivity index (χ0) is 19.4. The Morgan fingerprint density at radius 1 is 1.26 bits per heavy atom. The van der Waals surface area contributed by atoms with Crippen molar-refractivity contribution in [3.63, 3.8) is 0 Å². The van der Waals surface area contributed by atoms with Gasteiger partial charge in [-0.2, -0.15) is 0 Å². The average molecular weight is 390 g/mol. The predicted octanol–water partition coefficient (Wildman–Crippen LogP) is 4.10. The van der Waals surface area contributed by atoms with Crippen molar-refractivity contribution in [1.82, 2.24) is 0 Å². The summed E-state index contributed by atoms with van der Waals surface area (Å²) in [6.07, 6.45) is 2.00. The number of carbonyl (C=O) groups is 2. The van der Waals surface area contributed by atoms with E-state index in [1.165, 1.54) is 0 Å². The summed E-state index contributed by atoms with van der Waals surface area (Å²) >= 11 is 6.45. The lowest BCUT2D eigenvalue weighted by atomic mass is 9.72. The Balaban J connectivity index is 1.99. The van der Waals surface area contributed by atoms with Gasteiger partial charge in [-0.15, -0.1) is 0 Å². The molecule has 2 aliphatic rings. The lowest BCUT2D eigenvalue weighted by Gasteiger charge is -2.34. The van der Waals surface area contributed by atoms with Gasteiger partial charge >= 0.3 is 5.97 Å². The van der Waals surface area contributed by atoms with E-state index in [4.69, 9.17) is 21.1 Å². The summed E-state index contributed by atoms with van der Waals surface area (Å²) in [5.41, 5.74) is 2.83. The van der Waals surface area contributed by atoms with Gasteiger partial charge in [-0.05, 0) is 38.3 Å². The standard InChI is InChI=1S/C21H24ClNO4/c1-3-26-11-12-27-21(25)18-13(2)23-16-9-6-10-17(24)20(16)19(18)14-7-4-5-8-15(14)22/h4-5,7-8,18-19H,3,6,9-12H2,1-2H3/t18?,19-/m0/s1. The number of aliphatic imine (C=N–C) groups is 1. The van der Waals surface area contributed by atoms with Crippen LogP contribution in [0.5, 0.6) is 0 Å². The zero-order valence-corrected chi connectivity index (χ0v) is 16.4. The summed E-state index contributed by atoms with van der Waals surface area (Å²) in [7, 11) is 0. The van der Waals surface area contributed by atoms with Crippen molar-refractivity contribution in [2.24, 2.45) is 10.9 Å². The van der Waals surface area contributed by atoms with Crippen molar-refractivity contribution in [3.8, 4) is 0 Å². The molecule has 1 aliphatic carbocycles. The molecule has 5 nitrogen and oxygen atoms in total. The van der Waals surface area contributed by atoms with Gasteiger partial charge < -0.3 is 9.47 Å². The SMILES string of the molecule is CCOCCOC(=O)C1C(C)=NC2=C(C(=O)CCC2)[C@H]1c1ccccc1Cl. The van der Waals surface area contributed by atoms with Crippen LogP contribution in [0.4, 0.5) is 0 Å². The minimum Gasteiger partial charge on any atom is -0.463 e. The van der Waals surface area contributed by atoms with E-state index in [2.05, 4.69) is 4.99 Å².